The molecule has 6 heteroatoms. The number of carbonyl (C=O) groups excluding carboxylic acids is 2. The van der Waals surface area contributed by atoms with Crippen molar-refractivity contribution in [2.75, 3.05) is 26.3 Å². The van der Waals surface area contributed by atoms with Crippen molar-refractivity contribution in [1.29, 1.82) is 0 Å². The number of aryl methyl sites for hydroxylation is 3. The van der Waals surface area contributed by atoms with Gasteiger partial charge in [0.05, 0.1) is 0 Å². The average Bonchev–Trinajstić information content (AvgIpc) is 2.65. The number of amides is 2. The van der Waals surface area contributed by atoms with E-state index in [1.807, 2.05) is 63.2 Å². The lowest BCUT2D eigenvalue weighted by atomic mass is 10.1. The van der Waals surface area contributed by atoms with Crippen molar-refractivity contribution in [3.05, 3.63) is 59.2 Å². The highest BCUT2D eigenvalue weighted by atomic mass is 16.5. The van der Waals surface area contributed by atoms with Gasteiger partial charge in [0.25, 0.3) is 11.8 Å². The summed E-state index contributed by atoms with van der Waals surface area (Å²) in [7, 11) is 0. The van der Waals surface area contributed by atoms with Crippen molar-refractivity contribution in [3.8, 4) is 11.5 Å². The molecular weight excluding hydrogens is 344 g/mol. The second-order valence-electron chi connectivity index (χ2n) is 6.34. The maximum atomic E-state index is 11.8. The molecule has 0 radical (unpaired) electrons. The molecule has 0 aliphatic rings. The highest BCUT2D eigenvalue weighted by Crippen LogP contribution is 2.16. The first-order valence-electron chi connectivity index (χ1n) is 8.87. The van der Waals surface area contributed by atoms with E-state index in [9.17, 15) is 9.59 Å². The lowest BCUT2D eigenvalue weighted by molar-refractivity contribution is -0.124. The van der Waals surface area contributed by atoms with Gasteiger partial charge in [0.15, 0.2) is 13.2 Å². The average molecular weight is 370 g/mol. The van der Waals surface area contributed by atoms with Crippen molar-refractivity contribution in [1.82, 2.24) is 10.6 Å². The van der Waals surface area contributed by atoms with Crippen LogP contribution in [0.1, 0.15) is 16.7 Å². The molecule has 27 heavy (non-hydrogen) atoms. The SMILES string of the molecule is Cc1ccc(OCC(=O)NCCNC(=O)COc2ccc(C)c(C)c2)cc1. The minimum Gasteiger partial charge on any atom is -0.484 e. The van der Waals surface area contributed by atoms with E-state index in [-0.39, 0.29) is 25.0 Å². The van der Waals surface area contributed by atoms with Gasteiger partial charge >= 0.3 is 0 Å². The van der Waals surface area contributed by atoms with Crippen molar-refractivity contribution < 1.29 is 19.1 Å². The molecule has 0 spiro atoms. The summed E-state index contributed by atoms with van der Waals surface area (Å²) in [5.41, 5.74) is 3.42. The van der Waals surface area contributed by atoms with Gasteiger partial charge in [-0.3, -0.25) is 9.59 Å². The van der Waals surface area contributed by atoms with Gasteiger partial charge < -0.3 is 20.1 Å². The van der Waals surface area contributed by atoms with Crippen molar-refractivity contribution in [2.24, 2.45) is 0 Å². The van der Waals surface area contributed by atoms with E-state index in [4.69, 9.17) is 9.47 Å². The molecule has 0 fully saturated rings. The quantitative estimate of drug-likeness (QED) is 0.664. The Kier molecular flexibility index (Phi) is 7.67. The van der Waals surface area contributed by atoms with Crippen molar-refractivity contribution in [3.63, 3.8) is 0 Å². The van der Waals surface area contributed by atoms with Gasteiger partial charge in [0, 0.05) is 13.1 Å². The molecule has 2 rings (SSSR count). The number of nitrogens with one attached hydrogen (secondary N) is 2. The number of benzene rings is 2. The Morgan fingerprint density at radius 2 is 1.26 bits per heavy atom. The standard InChI is InChI=1S/C21H26N2O4/c1-15-4-7-18(8-5-15)26-13-20(24)22-10-11-23-21(25)14-27-19-9-6-16(2)17(3)12-19/h4-9,12H,10-11,13-14H2,1-3H3,(H,22,24)(H,23,25). The Morgan fingerprint density at radius 1 is 0.741 bits per heavy atom. The van der Waals surface area contributed by atoms with E-state index >= 15 is 0 Å². The third kappa shape index (κ3) is 7.40. The smallest absolute Gasteiger partial charge is 0.258 e. The molecule has 0 aliphatic carbocycles. The first-order valence-corrected chi connectivity index (χ1v) is 8.87. The highest BCUT2D eigenvalue weighted by Gasteiger charge is 2.05. The molecule has 0 unspecified atom stereocenters. The Bertz CT molecular complexity index is 772. The molecular formula is C21H26N2O4. The van der Waals surface area contributed by atoms with Gasteiger partial charge in [-0.15, -0.1) is 0 Å². The Balaban J connectivity index is 1.57. The van der Waals surface area contributed by atoms with Crippen LogP contribution in [0.2, 0.25) is 0 Å². The summed E-state index contributed by atoms with van der Waals surface area (Å²) in [5.74, 6) is 0.830. The molecule has 0 aliphatic heterocycles. The van der Waals surface area contributed by atoms with E-state index in [1.54, 1.807) is 0 Å². The zero-order valence-corrected chi connectivity index (χ0v) is 16.0. The highest BCUT2D eigenvalue weighted by molar-refractivity contribution is 5.78. The molecule has 0 bridgehead atoms. The molecule has 6 nitrogen and oxygen atoms in total. The van der Waals surface area contributed by atoms with Crippen LogP contribution in [0, 0.1) is 20.8 Å². The molecule has 0 heterocycles. The monoisotopic (exact) mass is 370 g/mol. The molecule has 2 aromatic carbocycles. The number of ether oxygens (including phenoxy) is 2. The molecule has 2 N–H and O–H groups in total. The first-order chi connectivity index (χ1) is 12.9. The fourth-order valence-corrected chi connectivity index (χ4v) is 2.24. The molecule has 0 saturated heterocycles. The van der Waals surface area contributed by atoms with E-state index < -0.39 is 0 Å². The van der Waals surface area contributed by atoms with E-state index in [0.29, 0.717) is 24.6 Å². The zero-order valence-electron chi connectivity index (χ0n) is 16.0. The van der Waals surface area contributed by atoms with Gasteiger partial charge in [-0.2, -0.15) is 0 Å². The van der Waals surface area contributed by atoms with E-state index in [2.05, 4.69) is 10.6 Å². The van der Waals surface area contributed by atoms with Crippen molar-refractivity contribution >= 4 is 11.8 Å². The summed E-state index contributed by atoms with van der Waals surface area (Å²) >= 11 is 0. The van der Waals surface area contributed by atoms with E-state index in [1.165, 1.54) is 5.56 Å². The van der Waals surface area contributed by atoms with Crippen molar-refractivity contribution in [2.45, 2.75) is 20.8 Å². The number of hydrogen-bond donors (Lipinski definition) is 2. The van der Waals surface area contributed by atoms with Crippen LogP contribution in [0.5, 0.6) is 11.5 Å². The molecule has 0 aromatic heterocycles. The summed E-state index contributed by atoms with van der Waals surface area (Å²) < 4.78 is 10.8. The fourth-order valence-electron chi connectivity index (χ4n) is 2.24. The number of hydrogen-bond acceptors (Lipinski definition) is 4. The summed E-state index contributed by atoms with van der Waals surface area (Å²) in [4.78, 5) is 23.5. The lowest BCUT2D eigenvalue weighted by Gasteiger charge is -2.10. The Labute approximate surface area is 159 Å². The summed E-state index contributed by atoms with van der Waals surface area (Å²) in [6, 6.07) is 13.2. The van der Waals surface area contributed by atoms with Crippen LogP contribution in [0.25, 0.3) is 0 Å². The fraction of sp³-hybridized carbons (Fsp3) is 0.333. The van der Waals surface area contributed by atoms with Crippen LogP contribution in [-0.2, 0) is 9.59 Å². The second kappa shape index (κ2) is 10.2. The van der Waals surface area contributed by atoms with Crippen LogP contribution in [0.3, 0.4) is 0 Å². The predicted octanol–water partition coefficient (Wildman–Crippen LogP) is 2.30. The van der Waals surface area contributed by atoms with Crippen LogP contribution >= 0.6 is 0 Å². The normalized spacial score (nSPS) is 10.2. The predicted molar refractivity (Wildman–Crippen MR) is 104 cm³/mol. The molecule has 2 aromatic rings. The van der Waals surface area contributed by atoms with E-state index in [0.717, 1.165) is 11.1 Å². The summed E-state index contributed by atoms with van der Waals surface area (Å²) in [6.45, 7) is 6.52. The maximum Gasteiger partial charge on any atom is 0.258 e. The minimum absolute atomic E-state index is 0.0625. The summed E-state index contributed by atoms with van der Waals surface area (Å²) in [6.07, 6.45) is 0. The summed E-state index contributed by atoms with van der Waals surface area (Å²) in [5, 5.41) is 5.38. The number of carbonyl (C=O) groups is 2. The molecule has 144 valence electrons. The number of rotatable bonds is 9. The van der Waals surface area contributed by atoms with Gasteiger partial charge in [-0.1, -0.05) is 23.8 Å². The Morgan fingerprint density at radius 3 is 1.81 bits per heavy atom. The Hall–Kier alpha value is -3.02. The topological polar surface area (TPSA) is 76.7 Å². The largest absolute Gasteiger partial charge is 0.484 e. The molecule has 0 saturated carbocycles. The minimum atomic E-state index is -0.240. The van der Waals surface area contributed by atoms with Crippen LogP contribution < -0.4 is 20.1 Å². The van der Waals surface area contributed by atoms with Gasteiger partial charge in [-0.05, 0) is 56.2 Å². The zero-order chi connectivity index (χ0) is 19.6. The lowest BCUT2D eigenvalue weighted by Crippen LogP contribution is -2.38. The van der Waals surface area contributed by atoms with Gasteiger partial charge in [0.2, 0.25) is 0 Å². The van der Waals surface area contributed by atoms with Gasteiger partial charge in [0.1, 0.15) is 11.5 Å². The molecule has 2 amide bonds. The molecule has 0 atom stereocenters. The van der Waals surface area contributed by atoms with Crippen LogP contribution in [0.4, 0.5) is 0 Å². The van der Waals surface area contributed by atoms with Crippen LogP contribution in [-0.4, -0.2) is 38.1 Å². The second-order valence-corrected chi connectivity index (χ2v) is 6.34. The first kappa shape index (κ1) is 20.3. The third-order valence-corrected chi connectivity index (χ3v) is 4.01. The maximum absolute atomic E-state index is 11.8. The van der Waals surface area contributed by atoms with Crippen LogP contribution in [0.15, 0.2) is 42.5 Å². The van der Waals surface area contributed by atoms with Gasteiger partial charge in [-0.25, -0.2) is 0 Å². The third-order valence-electron chi connectivity index (χ3n) is 4.01.